The van der Waals surface area contributed by atoms with Crippen LogP contribution in [0.1, 0.15) is 35.9 Å². The molecule has 2 aliphatic rings. The molecular formula is C16H24N4O2S. The van der Waals surface area contributed by atoms with E-state index in [0.29, 0.717) is 18.8 Å². The minimum Gasteiger partial charge on any atom is -0.339 e. The summed E-state index contributed by atoms with van der Waals surface area (Å²) in [6, 6.07) is 1.52. The maximum Gasteiger partial charge on any atom is 0.272 e. The Morgan fingerprint density at radius 2 is 2.04 bits per heavy atom. The second kappa shape index (κ2) is 6.95. The van der Waals surface area contributed by atoms with E-state index < -0.39 is 0 Å². The molecule has 0 bridgehead atoms. The van der Waals surface area contributed by atoms with Crippen molar-refractivity contribution in [3.05, 3.63) is 17.5 Å². The Kier molecular flexibility index (Phi) is 4.94. The Morgan fingerprint density at radius 1 is 1.30 bits per heavy atom. The van der Waals surface area contributed by atoms with Crippen LogP contribution in [0, 0.1) is 6.92 Å². The number of carbonyl (C=O) groups excluding carboxylic acids is 2. The topological polar surface area (TPSA) is 58.4 Å². The predicted octanol–water partition coefficient (Wildman–Crippen LogP) is 1.39. The predicted molar refractivity (Wildman–Crippen MR) is 90.6 cm³/mol. The number of aryl methyl sites for hydroxylation is 2. The highest BCUT2D eigenvalue weighted by atomic mass is 32.2. The smallest absolute Gasteiger partial charge is 0.272 e. The van der Waals surface area contributed by atoms with E-state index in [1.165, 1.54) is 0 Å². The normalized spacial score (nSPS) is 21.7. The summed E-state index contributed by atoms with van der Waals surface area (Å²) in [6.45, 7) is 6.78. The number of carbonyl (C=O) groups is 2. The van der Waals surface area contributed by atoms with E-state index in [1.807, 2.05) is 36.6 Å². The SMILES string of the molecule is CCn1nc(C)cc1C(=O)N1CCC[C@@H]1C(=O)N1CCSCC1. The first-order valence-electron chi connectivity index (χ1n) is 8.33. The van der Waals surface area contributed by atoms with Gasteiger partial charge in [-0.1, -0.05) is 0 Å². The zero-order valence-corrected chi connectivity index (χ0v) is 14.6. The monoisotopic (exact) mass is 336 g/mol. The van der Waals surface area contributed by atoms with Gasteiger partial charge in [0.1, 0.15) is 11.7 Å². The molecule has 3 heterocycles. The van der Waals surface area contributed by atoms with Gasteiger partial charge in [-0.15, -0.1) is 0 Å². The second-order valence-electron chi connectivity index (χ2n) is 6.08. The van der Waals surface area contributed by atoms with Crippen LogP contribution in [0.15, 0.2) is 6.07 Å². The van der Waals surface area contributed by atoms with Crippen LogP contribution in [0.5, 0.6) is 0 Å². The van der Waals surface area contributed by atoms with E-state index >= 15 is 0 Å². The highest BCUT2D eigenvalue weighted by molar-refractivity contribution is 7.99. The number of thioether (sulfide) groups is 1. The molecule has 0 aliphatic carbocycles. The summed E-state index contributed by atoms with van der Waals surface area (Å²) in [6.07, 6.45) is 1.66. The minimum atomic E-state index is -0.300. The van der Waals surface area contributed by atoms with Gasteiger partial charge in [0.25, 0.3) is 5.91 Å². The number of amides is 2. The number of aromatic nitrogens is 2. The van der Waals surface area contributed by atoms with E-state index in [1.54, 1.807) is 9.58 Å². The highest BCUT2D eigenvalue weighted by Gasteiger charge is 2.38. The van der Waals surface area contributed by atoms with Crippen molar-refractivity contribution in [2.45, 2.75) is 39.3 Å². The van der Waals surface area contributed by atoms with Crippen molar-refractivity contribution in [3.8, 4) is 0 Å². The minimum absolute atomic E-state index is 0.0605. The lowest BCUT2D eigenvalue weighted by Crippen LogP contribution is -2.50. The molecule has 3 rings (SSSR count). The van der Waals surface area contributed by atoms with Crippen LogP contribution in [-0.4, -0.2) is 68.6 Å². The molecule has 2 saturated heterocycles. The van der Waals surface area contributed by atoms with Crippen molar-refractivity contribution in [2.24, 2.45) is 0 Å². The summed E-state index contributed by atoms with van der Waals surface area (Å²) in [5.74, 6) is 2.05. The molecule has 0 aromatic carbocycles. The largest absolute Gasteiger partial charge is 0.339 e. The molecule has 6 nitrogen and oxygen atoms in total. The number of nitrogens with zero attached hydrogens (tertiary/aromatic N) is 4. The fourth-order valence-corrected chi connectivity index (χ4v) is 4.27. The third-order valence-electron chi connectivity index (χ3n) is 4.54. The summed E-state index contributed by atoms with van der Waals surface area (Å²) in [5.41, 5.74) is 1.43. The molecule has 0 unspecified atom stereocenters. The van der Waals surface area contributed by atoms with E-state index in [2.05, 4.69) is 5.10 Å². The Labute approximate surface area is 141 Å². The summed E-state index contributed by atoms with van der Waals surface area (Å²) in [4.78, 5) is 29.4. The van der Waals surface area contributed by atoms with Crippen molar-refractivity contribution in [1.29, 1.82) is 0 Å². The molecule has 0 N–H and O–H groups in total. The third-order valence-corrected chi connectivity index (χ3v) is 5.48. The van der Waals surface area contributed by atoms with Crippen LogP contribution in [-0.2, 0) is 11.3 Å². The summed E-state index contributed by atoms with van der Waals surface area (Å²) in [5, 5.41) is 4.35. The van der Waals surface area contributed by atoms with E-state index in [-0.39, 0.29) is 17.9 Å². The Balaban J connectivity index is 1.77. The fraction of sp³-hybridized carbons (Fsp3) is 0.688. The van der Waals surface area contributed by atoms with Crippen molar-refractivity contribution in [3.63, 3.8) is 0 Å². The van der Waals surface area contributed by atoms with Crippen molar-refractivity contribution < 1.29 is 9.59 Å². The Morgan fingerprint density at radius 3 is 2.74 bits per heavy atom. The molecule has 0 saturated carbocycles. The van der Waals surface area contributed by atoms with Crippen molar-refractivity contribution in [2.75, 3.05) is 31.1 Å². The lowest BCUT2D eigenvalue weighted by atomic mass is 10.1. The van der Waals surface area contributed by atoms with Gasteiger partial charge in [-0.3, -0.25) is 14.3 Å². The van der Waals surface area contributed by atoms with Crippen LogP contribution in [0.25, 0.3) is 0 Å². The van der Waals surface area contributed by atoms with Gasteiger partial charge in [-0.2, -0.15) is 16.9 Å². The molecule has 2 fully saturated rings. The van der Waals surface area contributed by atoms with Gasteiger partial charge in [-0.25, -0.2) is 0 Å². The standard InChI is InChI=1S/C16H24N4O2S/c1-3-20-14(11-12(2)17-20)16(22)19-6-4-5-13(19)15(21)18-7-9-23-10-8-18/h11,13H,3-10H2,1-2H3/t13-/m1/s1. The van der Waals surface area contributed by atoms with Crippen LogP contribution >= 0.6 is 11.8 Å². The summed E-state index contributed by atoms with van der Waals surface area (Å²) < 4.78 is 1.73. The fourth-order valence-electron chi connectivity index (χ4n) is 3.37. The first-order valence-corrected chi connectivity index (χ1v) is 9.49. The molecule has 0 spiro atoms. The maximum absolute atomic E-state index is 12.9. The van der Waals surface area contributed by atoms with Gasteiger partial charge < -0.3 is 9.80 Å². The molecule has 0 radical (unpaired) electrons. The first kappa shape index (κ1) is 16.4. The van der Waals surface area contributed by atoms with E-state index in [9.17, 15) is 9.59 Å². The molecule has 2 aliphatic heterocycles. The summed E-state index contributed by atoms with van der Waals surface area (Å²) >= 11 is 1.88. The lowest BCUT2D eigenvalue weighted by Gasteiger charge is -2.32. The van der Waals surface area contributed by atoms with Gasteiger partial charge in [0.2, 0.25) is 5.91 Å². The zero-order valence-electron chi connectivity index (χ0n) is 13.8. The molecular weight excluding hydrogens is 312 g/mol. The van der Waals surface area contributed by atoms with Gasteiger partial charge in [0.05, 0.1) is 5.69 Å². The van der Waals surface area contributed by atoms with Crippen LogP contribution < -0.4 is 0 Å². The number of hydrogen-bond donors (Lipinski definition) is 0. The van der Waals surface area contributed by atoms with Crippen molar-refractivity contribution >= 4 is 23.6 Å². The lowest BCUT2D eigenvalue weighted by molar-refractivity contribution is -0.134. The molecule has 1 aromatic rings. The number of rotatable bonds is 3. The average molecular weight is 336 g/mol. The molecule has 1 aromatic heterocycles. The van der Waals surface area contributed by atoms with Crippen LogP contribution in [0.3, 0.4) is 0 Å². The van der Waals surface area contributed by atoms with E-state index in [4.69, 9.17) is 0 Å². The number of likely N-dealkylation sites (tertiary alicyclic amines) is 1. The quantitative estimate of drug-likeness (QED) is 0.837. The van der Waals surface area contributed by atoms with E-state index in [0.717, 1.165) is 43.1 Å². The Hall–Kier alpha value is -1.50. The molecule has 2 amide bonds. The van der Waals surface area contributed by atoms with Gasteiger partial charge in [-0.05, 0) is 32.8 Å². The van der Waals surface area contributed by atoms with Crippen molar-refractivity contribution in [1.82, 2.24) is 19.6 Å². The second-order valence-corrected chi connectivity index (χ2v) is 7.31. The molecule has 23 heavy (non-hydrogen) atoms. The first-order chi connectivity index (χ1) is 11.1. The van der Waals surface area contributed by atoms with Crippen LogP contribution in [0.2, 0.25) is 0 Å². The van der Waals surface area contributed by atoms with Crippen LogP contribution in [0.4, 0.5) is 0 Å². The zero-order chi connectivity index (χ0) is 16.4. The molecule has 1 atom stereocenters. The van der Waals surface area contributed by atoms with Gasteiger partial charge >= 0.3 is 0 Å². The average Bonchev–Trinajstić information content (AvgIpc) is 3.20. The maximum atomic E-state index is 12.9. The number of hydrogen-bond acceptors (Lipinski definition) is 4. The van der Waals surface area contributed by atoms with Gasteiger partial charge in [0, 0.05) is 37.7 Å². The summed E-state index contributed by atoms with van der Waals surface area (Å²) in [7, 11) is 0. The molecule has 7 heteroatoms. The highest BCUT2D eigenvalue weighted by Crippen LogP contribution is 2.23. The third kappa shape index (κ3) is 3.24. The molecule has 126 valence electrons. The van der Waals surface area contributed by atoms with Gasteiger partial charge in [0.15, 0.2) is 0 Å². The Bertz CT molecular complexity index is 595.